The van der Waals surface area contributed by atoms with Crippen molar-refractivity contribution in [3.05, 3.63) is 10.6 Å². The molecule has 4 nitrogen and oxygen atoms in total. The number of methoxy groups -OCH3 is 1. The molecule has 2 rings (SSSR count). The molecule has 0 radical (unpaired) electrons. The van der Waals surface area contributed by atoms with E-state index in [0.29, 0.717) is 6.61 Å². The number of anilines is 1. The van der Waals surface area contributed by atoms with Crippen molar-refractivity contribution in [1.82, 2.24) is 10.3 Å². The summed E-state index contributed by atoms with van der Waals surface area (Å²) in [6.07, 6.45) is 2.45. The number of hydrogen-bond donors (Lipinski definition) is 1. The highest BCUT2D eigenvalue weighted by Gasteiger charge is 2.27. The van der Waals surface area contributed by atoms with E-state index in [2.05, 4.69) is 31.0 Å². The van der Waals surface area contributed by atoms with Crippen molar-refractivity contribution in [2.45, 2.75) is 46.8 Å². The van der Waals surface area contributed by atoms with E-state index in [9.17, 15) is 0 Å². The monoisotopic (exact) mass is 311 g/mol. The van der Waals surface area contributed by atoms with Gasteiger partial charge in [-0.1, -0.05) is 20.8 Å². The molecule has 21 heavy (non-hydrogen) atoms. The van der Waals surface area contributed by atoms with E-state index in [1.54, 1.807) is 7.11 Å². The summed E-state index contributed by atoms with van der Waals surface area (Å²) in [6.45, 7) is 11.7. The highest BCUT2D eigenvalue weighted by molar-refractivity contribution is 7.15. The summed E-state index contributed by atoms with van der Waals surface area (Å²) in [7, 11) is 1.74. The summed E-state index contributed by atoms with van der Waals surface area (Å²) in [5.74, 6) is 1.57. The zero-order chi connectivity index (χ0) is 15.2. The van der Waals surface area contributed by atoms with E-state index >= 15 is 0 Å². The number of hydrogen-bond acceptors (Lipinski definition) is 5. The molecule has 1 aliphatic rings. The first kappa shape index (κ1) is 16.7. The van der Waals surface area contributed by atoms with Gasteiger partial charge in [0.25, 0.3) is 0 Å². The van der Waals surface area contributed by atoms with Crippen molar-refractivity contribution in [3.8, 4) is 0 Å². The maximum absolute atomic E-state index is 5.31. The lowest BCUT2D eigenvalue weighted by molar-refractivity contribution is 0.181. The van der Waals surface area contributed by atoms with Crippen LogP contribution >= 0.6 is 11.3 Å². The molecule has 1 unspecified atom stereocenters. The molecule has 5 heteroatoms. The Morgan fingerprint density at radius 1 is 1.48 bits per heavy atom. The predicted molar refractivity (Wildman–Crippen MR) is 90.0 cm³/mol. The Balaban J connectivity index is 2.04. The fourth-order valence-electron chi connectivity index (χ4n) is 2.78. The van der Waals surface area contributed by atoms with Crippen LogP contribution in [0.15, 0.2) is 0 Å². The van der Waals surface area contributed by atoms with Crippen LogP contribution in [0, 0.1) is 11.8 Å². The molecule has 0 saturated carbocycles. The first-order chi connectivity index (χ1) is 10.2. The highest BCUT2D eigenvalue weighted by atomic mass is 32.1. The Morgan fingerprint density at radius 3 is 2.90 bits per heavy atom. The number of thiazole rings is 1. The van der Waals surface area contributed by atoms with Gasteiger partial charge in [0.2, 0.25) is 0 Å². The molecule has 1 aromatic heterocycles. The molecule has 0 amide bonds. The number of ether oxygens (including phenoxy) is 1. The first-order valence-electron chi connectivity index (χ1n) is 8.08. The van der Waals surface area contributed by atoms with Crippen molar-refractivity contribution >= 4 is 16.5 Å². The first-order valence-corrected chi connectivity index (χ1v) is 8.90. The topological polar surface area (TPSA) is 37.4 Å². The van der Waals surface area contributed by atoms with E-state index in [0.717, 1.165) is 50.1 Å². The number of rotatable bonds is 8. The van der Waals surface area contributed by atoms with E-state index in [1.807, 2.05) is 11.3 Å². The van der Waals surface area contributed by atoms with Gasteiger partial charge in [0.15, 0.2) is 5.13 Å². The van der Waals surface area contributed by atoms with Crippen LogP contribution in [-0.4, -0.2) is 31.7 Å². The lowest BCUT2D eigenvalue weighted by Crippen LogP contribution is -2.21. The number of nitrogens with one attached hydrogen (secondary N) is 1. The lowest BCUT2D eigenvalue weighted by Gasteiger charge is -2.16. The van der Waals surface area contributed by atoms with Gasteiger partial charge < -0.3 is 15.0 Å². The molecule has 1 atom stereocenters. The quantitative estimate of drug-likeness (QED) is 0.748. The minimum Gasteiger partial charge on any atom is -0.378 e. The average Bonchev–Trinajstić information content (AvgIpc) is 3.07. The van der Waals surface area contributed by atoms with Gasteiger partial charge >= 0.3 is 0 Å². The van der Waals surface area contributed by atoms with Crippen LogP contribution < -0.4 is 10.2 Å². The maximum Gasteiger partial charge on any atom is 0.185 e. The molecule has 1 saturated heterocycles. The molecule has 0 bridgehead atoms. The Hall–Kier alpha value is -0.650. The third-order valence-electron chi connectivity index (χ3n) is 4.20. The normalized spacial score (nSPS) is 18.9. The van der Waals surface area contributed by atoms with Crippen molar-refractivity contribution in [1.29, 1.82) is 0 Å². The van der Waals surface area contributed by atoms with Gasteiger partial charge in [-0.15, -0.1) is 11.3 Å². The molecule has 0 aliphatic carbocycles. The molecular formula is C16H29N3OS. The van der Waals surface area contributed by atoms with Gasteiger partial charge in [-0.05, 0) is 31.2 Å². The van der Waals surface area contributed by atoms with Crippen molar-refractivity contribution < 1.29 is 4.74 Å². The molecule has 1 fully saturated rings. The minimum atomic E-state index is 0.612. The summed E-state index contributed by atoms with van der Waals surface area (Å²) < 4.78 is 5.31. The number of nitrogens with zero attached hydrogens (tertiary/aromatic N) is 2. The second-order valence-corrected chi connectivity index (χ2v) is 7.28. The van der Waals surface area contributed by atoms with Crippen molar-refractivity contribution in [2.24, 2.45) is 11.8 Å². The largest absolute Gasteiger partial charge is 0.378 e. The molecule has 1 aromatic rings. The highest BCUT2D eigenvalue weighted by Crippen LogP contribution is 2.33. The fourth-order valence-corrected chi connectivity index (χ4v) is 3.84. The maximum atomic E-state index is 5.31. The second-order valence-electron chi connectivity index (χ2n) is 6.21. The van der Waals surface area contributed by atoms with Crippen molar-refractivity contribution in [3.63, 3.8) is 0 Å². The van der Waals surface area contributed by atoms with Gasteiger partial charge in [0.05, 0.1) is 12.3 Å². The summed E-state index contributed by atoms with van der Waals surface area (Å²) in [5.41, 5.74) is 1.11. The third-order valence-corrected chi connectivity index (χ3v) is 5.36. The molecule has 2 heterocycles. The zero-order valence-corrected chi connectivity index (χ0v) is 14.6. The smallest absolute Gasteiger partial charge is 0.185 e. The standard InChI is InChI=1S/C16H29N3OS/c1-5-7-17-9-15-14(11-20-4)18-16(21-15)19-8-6-13(10-19)12(2)3/h12-13,17H,5-11H2,1-4H3. The predicted octanol–water partition coefficient (Wildman–Crippen LogP) is 3.27. The molecule has 0 aromatic carbocycles. The molecule has 1 N–H and O–H groups in total. The molecule has 1 aliphatic heterocycles. The SMILES string of the molecule is CCCNCc1sc(N2CCC(C(C)C)C2)nc1COC. The Kier molecular flexibility index (Phi) is 6.45. The van der Waals surface area contributed by atoms with E-state index in [1.165, 1.54) is 16.4 Å². The Bertz CT molecular complexity index is 433. The molecule has 0 spiro atoms. The molecule has 120 valence electrons. The summed E-state index contributed by atoms with van der Waals surface area (Å²) in [6, 6.07) is 0. The second kappa shape index (κ2) is 8.11. The zero-order valence-electron chi connectivity index (χ0n) is 13.8. The van der Waals surface area contributed by atoms with Crippen LogP contribution in [0.25, 0.3) is 0 Å². The van der Waals surface area contributed by atoms with Crippen LogP contribution in [0.2, 0.25) is 0 Å². The number of aromatic nitrogens is 1. The summed E-state index contributed by atoms with van der Waals surface area (Å²) >= 11 is 1.83. The summed E-state index contributed by atoms with van der Waals surface area (Å²) in [5, 5.41) is 4.66. The van der Waals surface area contributed by atoms with E-state index in [4.69, 9.17) is 9.72 Å². The average molecular weight is 311 g/mol. The van der Waals surface area contributed by atoms with Gasteiger partial charge in [-0.3, -0.25) is 0 Å². The Morgan fingerprint density at radius 2 is 2.29 bits per heavy atom. The third kappa shape index (κ3) is 4.41. The van der Waals surface area contributed by atoms with Gasteiger partial charge in [-0.2, -0.15) is 0 Å². The van der Waals surface area contributed by atoms with Crippen LogP contribution in [0.3, 0.4) is 0 Å². The van der Waals surface area contributed by atoms with Gasteiger partial charge in [-0.25, -0.2) is 4.98 Å². The summed E-state index contributed by atoms with van der Waals surface area (Å²) in [4.78, 5) is 8.62. The van der Waals surface area contributed by atoms with Gasteiger partial charge in [0, 0.05) is 31.6 Å². The van der Waals surface area contributed by atoms with Crippen LogP contribution in [-0.2, 0) is 17.9 Å². The fraction of sp³-hybridized carbons (Fsp3) is 0.812. The van der Waals surface area contributed by atoms with Gasteiger partial charge in [0.1, 0.15) is 0 Å². The van der Waals surface area contributed by atoms with E-state index < -0.39 is 0 Å². The van der Waals surface area contributed by atoms with Crippen LogP contribution in [0.4, 0.5) is 5.13 Å². The van der Waals surface area contributed by atoms with Crippen molar-refractivity contribution in [2.75, 3.05) is 31.6 Å². The van der Waals surface area contributed by atoms with E-state index in [-0.39, 0.29) is 0 Å². The molecular weight excluding hydrogens is 282 g/mol. The Labute approximate surface area is 132 Å². The lowest BCUT2D eigenvalue weighted by atomic mass is 9.95. The minimum absolute atomic E-state index is 0.612. The van der Waals surface area contributed by atoms with Crippen LogP contribution in [0.5, 0.6) is 0 Å². The van der Waals surface area contributed by atoms with Crippen LogP contribution in [0.1, 0.15) is 44.2 Å².